The Balaban J connectivity index is 4.13. The summed E-state index contributed by atoms with van der Waals surface area (Å²) >= 11 is 0. The second-order valence-electron chi connectivity index (χ2n) is 6.03. The zero-order chi connectivity index (χ0) is 12.1. The number of hydrogen-bond donors (Lipinski definition) is 1. The monoisotopic (exact) mass is 214 g/mol. The van der Waals surface area contributed by atoms with Gasteiger partial charge in [-0.05, 0) is 18.3 Å². The van der Waals surface area contributed by atoms with Crippen LogP contribution in [0.1, 0.15) is 47.5 Å². The Labute approximate surface area is 94.3 Å². The SMILES string of the molecule is C=CCCOC(O)C(C)(C)CC(C)(C)C. The normalized spacial score (nSPS) is 15.1. The third-order valence-corrected chi connectivity index (χ3v) is 2.25. The Bertz CT molecular complexity index is 189. The lowest BCUT2D eigenvalue weighted by molar-refractivity contribution is -0.172. The molecule has 90 valence electrons. The van der Waals surface area contributed by atoms with Gasteiger partial charge in [-0.25, -0.2) is 0 Å². The lowest BCUT2D eigenvalue weighted by Crippen LogP contribution is -2.35. The van der Waals surface area contributed by atoms with Gasteiger partial charge in [0.05, 0.1) is 6.61 Å². The smallest absolute Gasteiger partial charge is 0.159 e. The summed E-state index contributed by atoms with van der Waals surface area (Å²) in [4.78, 5) is 0. The Morgan fingerprint density at radius 1 is 1.27 bits per heavy atom. The number of ether oxygens (including phenoxy) is 1. The van der Waals surface area contributed by atoms with Crippen molar-refractivity contribution in [1.29, 1.82) is 0 Å². The van der Waals surface area contributed by atoms with E-state index in [0.717, 1.165) is 12.8 Å². The molecule has 0 aliphatic heterocycles. The highest BCUT2D eigenvalue weighted by atomic mass is 16.6. The van der Waals surface area contributed by atoms with Gasteiger partial charge in [0.2, 0.25) is 0 Å². The zero-order valence-electron chi connectivity index (χ0n) is 10.8. The summed E-state index contributed by atoms with van der Waals surface area (Å²) in [6.07, 6.45) is 2.80. The topological polar surface area (TPSA) is 29.5 Å². The minimum atomic E-state index is -0.698. The molecule has 0 aliphatic carbocycles. The third-order valence-electron chi connectivity index (χ3n) is 2.25. The fourth-order valence-electron chi connectivity index (χ4n) is 1.94. The van der Waals surface area contributed by atoms with Crippen LogP contribution in [0, 0.1) is 10.8 Å². The van der Waals surface area contributed by atoms with E-state index >= 15 is 0 Å². The number of aliphatic hydroxyl groups excluding tert-OH is 1. The summed E-state index contributed by atoms with van der Waals surface area (Å²) in [6, 6.07) is 0. The van der Waals surface area contributed by atoms with Crippen LogP contribution in [0.2, 0.25) is 0 Å². The number of hydrogen-bond acceptors (Lipinski definition) is 2. The van der Waals surface area contributed by atoms with Crippen LogP contribution in [0.15, 0.2) is 12.7 Å². The minimum Gasteiger partial charge on any atom is -0.368 e. The van der Waals surface area contributed by atoms with E-state index in [1.165, 1.54) is 0 Å². The molecule has 0 heterocycles. The molecule has 2 nitrogen and oxygen atoms in total. The highest BCUT2D eigenvalue weighted by Gasteiger charge is 2.32. The van der Waals surface area contributed by atoms with Crippen LogP contribution < -0.4 is 0 Å². The van der Waals surface area contributed by atoms with Gasteiger partial charge in [-0.1, -0.05) is 40.7 Å². The first kappa shape index (κ1) is 14.7. The first-order chi connectivity index (χ1) is 6.69. The molecule has 0 spiro atoms. The molecule has 1 unspecified atom stereocenters. The molecule has 15 heavy (non-hydrogen) atoms. The van der Waals surface area contributed by atoms with E-state index in [0.29, 0.717) is 6.61 Å². The highest BCUT2D eigenvalue weighted by Crippen LogP contribution is 2.36. The summed E-state index contributed by atoms with van der Waals surface area (Å²) in [7, 11) is 0. The molecule has 0 amide bonds. The molecule has 0 aromatic carbocycles. The fraction of sp³-hybridized carbons (Fsp3) is 0.846. The van der Waals surface area contributed by atoms with E-state index in [1.54, 1.807) is 6.08 Å². The van der Waals surface area contributed by atoms with E-state index < -0.39 is 6.29 Å². The molecule has 0 aliphatic rings. The van der Waals surface area contributed by atoms with Gasteiger partial charge in [-0.3, -0.25) is 0 Å². The number of aliphatic hydroxyl groups is 1. The molecule has 0 aromatic heterocycles. The third kappa shape index (κ3) is 6.69. The van der Waals surface area contributed by atoms with Crippen LogP contribution in [0.4, 0.5) is 0 Å². The van der Waals surface area contributed by atoms with Gasteiger partial charge in [0.25, 0.3) is 0 Å². The van der Waals surface area contributed by atoms with E-state index in [9.17, 15) is 5.11 Å². The van der Waals surface area contributed by atoms with Crippen LogP contribution >= 0.6 is 0 Å². The van der Waals surface area contributed by atoms with Crippen LogP contribution in [-0.2, 0) is 4.74 Å². The lowest BCUT2D eigenvalue weighted by Gasteiger charge is -2.35. The van der Waals surface area contributed by atoms with Crippen molar-refractivity contribution in [1.82, 2.24) is 0 Å². The van der Waals surface area contributed by atoms with E-state index in [4.69, 9.17) is 4.74 Å². The van der Waals surface area contributed by atoms with Crippen LogP contribution in [-0.4, -0.2) is 18.0 Å². The molecule has 0 saturated carbocycles. The largest absolute Gasteiger partial charge is 0.368 e. The molecule has 1 N–H and O–H groups in total. The standard InChI is InChI=1S/C13H26O2/c1-7-8-9-15-11(14)13(5,6)10-12(2,3)4/h7,11,14H,1,8-10H2,2-6H3. The summed E-state index contributed by atoms with van der Waals surface area (Å²) in [5.41, 5.74) is -0.00824. The summed E-state index contributed by atoms with van der Waals surface area (Å²) in [5, 5.41) is 9.91. The predicted octanol–water partition coefficient (Wildman–Crippen LogP) is 3.36. The molecular formula is C13H26O2. The maximum Gasteiger partial charge on any atom is 0.159 e. The van der Waals surface area contributed by atoms with Gasteiger partial charge in [-0.2, -0.15) is 0 Å². The minimum absolute atomic E-state index is 0.201. The predicted molar refractivity (Wildman–Crippen MR) is 64.6 cm³/mol. The van der Waals surface area contributed by atoms with Crippen molar-refractivity contribution < 1.29 is 9.84 Å². The second-order valence-corrected chi connectivity index (χ2v) is 6.03. The van der Waals surface area contributed by atoms with Crippen LogP contribution in [0.3, 0.4) is 0 Å². The average Bonchev–Trinajstić information content (AvgIpc) is 2.00. The summed E-state index contributed by atoms with van der Waals surface area (Å²) in [5.74, 6) is 0. The molecule has 0 bridgehead atoms. The van der Waals surface area contributed by atoms with Gasteiger partial charge in [-0.15, -0.1) is 6.58 Å². The molecule has 2 heteroatoms. The quantitative estimate of drug-likeness (QED) is 0.417. The first-order valence-corrected chi connectivity index (χ1v) is 5.59. The molecule has 0 rings (SSSR count). The van der Waals surface area contributed by atoms with Gasteiger partial charge in [0, 0.05) is 5.41 Å². The van der Waals surface area contributed by atoms with Gasteiger partial charge < -0.3 is 9.84 Å². The maximum absolute atomic E-state index is 9.91. The van der Waals surface area contributed by atoms with E-state index in [-0.39, 0.29) is 10.8 Å². The van der Waals surface area contributed by atoms with Crippen molar-refractivity contribution in [2.45, 2.75) is 53.8 Å². The lowest BCUT2D eigenvalue weighted by atomic mass is 9.76. The number of rotatable bonds is 6. The second kappa shape index (κ2) is 5.66. The molecule has 0 radical (unpaired) electrons. The molecule has 0 saturated heterocycles. The molecule has 1 atom stereocenters. The van der Waals surface area contributed by atoms with E-state index in [2.05, 4.69) is 27.4 Å². The van der Waals surface area contributed by atoms with Crippen LogP contribution in [0.25, 0.3) is 0 Å². The van der Waals surface area contributed by atoms with Gasteiger partial charge in [0.15, 0.2) is 6.29 Å². The van der Waals surface area contributed by atoms with Crippen LogP contribution in [0.5, 0.6) is 0 Å². The van der Waals surface area contributed by atoms with Crippen molar-refractivity contribution in [3.63, 3.8) is 0 Å². The first-order valence-electron chi connectivity index (χ1n) is 5.59. The van der Waals surface area contributed by atoms with Crippen molar-refractivity contribution in [3.8, 4) is 0 Å². The summed E-state index contributed by atoms with van der Waals surface area (Å²) < 4.78 is 5.38. The van der Waals surface area contributed by atoms with Crippen molar-refractivity contribution >= 4 is 0 Å². The van der Waals surface area contributed by atoms with Gasteiger partial charge >= 0.3 is 0 Å². The zero-order valence-corrected chi connectivity index (χ0v) is 10.8. The van der Waals surface area contributed by atoms with E-state index in [1.807, 2.05) is 13.8 Å². The average molecular weight is 214 g/mol. The van der Waals surface area contributed by atoms with Gasteiger partial charge in [0.1, 0.15) is 0 Å². The van der Waals surface area contributed by atoms with Crippen molar-refractivity contribution in [2.24, 2.45) is 10.8 Å². The van der Waals surface area contributed by atoms with Crippen molar-refractivity contribution in [2.75, 3.05) is 6.61 Å². The Kier molecular flexibility index (Phi) is 5.54. The van der Waals surface area contributed by atoms with Crippen molar-refractivity contribution in [3.05, 3.63) is 12.7 Å². The maximum atomic E-state index is 9.91. The molecule has 0 aromatic rings. The molecule has 0 fully saturated rings. The Hall–Kier alpha value is -0.340. The fourth-order valence-corrected chi connectivity index (χ4v) is 1.94. The Morgan fingerprint density at radius 2 is 1.80 bits per heavy atom. The highest BCUT2D eigenvalue weighted by molar-refractivity contribution is 4.79. The summed E-state index contributed by atoms with van der Waals surface area (Å²) in [6.45, 7) is 14.7. The Morgan fingerprint density at radius 3 is 2.20 bits per heavy atom. The molecular weight excluding hydrogens is 188 g/mol.